The lowest BCUT2D eigenvalue weighted by Gasteiger charge is -2.29. The first-order valence-corrected chi connectivity index (χ1v) is 10.2. The molecule has 2 aliphatic rings. The monoisotopic (exact) mass is 354 g/mol. The maximum Gasteiger partial charge on any atom is 0.242 e. The number of nitrogens with zero attached hydrogens (tertiary/aromatic N) is 1. The van der Waals surface area contributed by atoms with Gasteiger partial charge in [0.1, 0.15) is 4.75 Å². The quantitative estimate of drug-likeness (QED) is 0.626. The lowest BCUT2D eigenvalue weighted by Crippen LogP contribution is -2.41. The van der Waals surface area contributed by atoms with Crippen LogP contribution in [0.3, 0.4) is 0 Å². The van der Waals surface area contributed by atoms with Gasteiger partial charge in [-0.1, -0.05) is 38.5 Å². The van der Waals surface area contributed by atoms with E-state index in [0.29, 0.717) is 5.92 Å². The summed E-state index contributed by atoms with van der Waals surface area (Å²) >= 11 is 1.63. The predicted molar refractivity (Wildman–Crippen MR) is 103 cm³/mol. The summed E-state index contributed by atoms with van der Waals surface area (Å²) in [5, 5.41) is 7.03. The van der Waals surface area contributed by atoms with Crippen molar-refractivity contribution in [1.29, 1.82) is 0 Å². The van der Waals surface area contributed by atoms with Gasteiger partial charge in [-0.3, -0.25) is 9.79 Å². The van der Waals surface area contributed by atoms with Crippen molar-refractivity contribution in [2.45, 2.75) is 82.0 Å². The summed E-state index contributed by atoms with van der Waals surface area (Å²) < 4.78 is -0.410. The Hall–Kier alpha value is -0.590. The van der Waals surface area contributed by atoms with E-state index in [2.05, 4.69) is 31.4 Å². The Labute approximate surface area is 151 Å². The van der Waals surface area contributed by atoms with Crippen LogP contribution < -0.4 is 16.4 Å². The van der Waals surface area contributed by atoms with Crippen LogP contribution in [0.1, 0.15) is 65.7 Å². The highest BCUT2D eigenvalue weighted by Gasteiger charge is 2.48. The fraction of sp³-hybridized carbons (Fsp3) is 0.889. The van der Waals surface area contributed by atoms with Crippen molar-refractivity contribution in [2.75, 3.05) is 13.6 Å². The molecule has 1 saturated carbocycles. The first-order chi connectivity index (χ1) is 11.4. The lowest BCUT2D eigenvalue weighted by atomic mass is 9.87. The van der Waals surface area contributed by atoms with E-state index in [0.717, 1.165) is 56.7 Å². The molecule has 0 spiro atoms. The number of hydrogen-bond acceptors (Lipinski definition) is 5. The lowest BCUT2D eigenvalue weighted by molar-refractivity contribution is -0.122. The topological polar surface area (TPSA) is 79.5 Å². The van der Waals surface area contributed by atoms with Crippen LogP contribution in [0.5, 0.6) is 0 Å². The number of thioether (sulfide) groups is 1. The van der Waals surface area contributed by atoms with Crippen molar-refractivity contribution in [3.05, 3.63) is 0 Å². The molecule has 1 amide bonds. The first kappa shape index (κ1) is 19.7. The van der Waals surface area contributed by atoms with E-state index >= 15 is 0 Å². The molecule has 24 heavy (non-hydrogen) atoms. The third-order valence-electron chi connectivity index (χ3n) is 5.66. The Morgan fingerprint density at radius 1 is 1.50 bits per heavy atom. The van der Waals surface area contributed by atoms with Crippen molar-refractivity contribution >= 4 is 22.8 Å². The van der Waals surface area contributed by atoms with Crippen LogP contribution in [0, 0.1) is 5.92 Å². The Bertz CT molecular complexity index is 484. The zero-order valence-electron chi connectivity index (χ0n) is 15.7. The van der Waals surface area contributed by atoms with E-state index in [1.54, 1.807) is 11.8 Å². The summed E-state index contributed by atoms with van der Waals surface area (Å²) in [6.07, 6.45) is 7.19. The van der Waals surface area contributed by atoms with E-state index in [9.17, 15) is 4.79 Å². The summed E-state index contributed by atoms with van der Waals surface area (Å²) in [4.78, 5) is 17.5. The average Bonchev–Trinajstić information content (AvgIpc) is 3.01. The second-order valence-electron chi connectivity index (χ2n) is 7.60. The highest BCUT2D eigenvalue weighted by Crippen LogP contribution is 2.42. The summed E-state index contributed by atoms with van der Waals surface area (Å²) in [7, 11) is 1.96. The average molecular weight is 355 g/mol. The van der Waals surface area contributed by atoms with Crippen LogP contribution in [0.2, 0.25) is 0 Å². The minimum absolute atomic E-state index is 0.0567. The molecular formula is C18H34N4OS. The summed E-state index contributed by atoms with van der Waals surface area (Å²) in [6.45, 7) is 7.35. The molecule has 4 unspecified atom stereocenters. The molecule has 5 nitrogen and oxygen atoms in total. The molecule has 0 bridgehead atoms. The fourth-order valence-electron chi connectivity index (χ4n) is 4.14. The van der Waals surface area contributed by atoms with Crippen molar-refractivity contribution in [1.82, 2.24) is 10.6 Å². The van der Waals surface area contributed by atoms with E-state index in [1.165, 1.54) is 0 Å². The number of nitrogens with two attached hydrogens (primary N) is 1. The molecule has 0 radical (unpaired) electrons. The molecule has 2 rings (SSSR count). The summed E-state index contributed by atoms with van der Waals surface area (Å²) in [6, 6.07) is 0.254. The van der Waals surface area contributed by atoms with Crippen molar-refractivity contribution in [3.63, 3.8) is 0 Å². The van der Waals surface area contributed by atoms with Gasteiger partial charge in [0.05, 0.1) is 6.04 Å². The molecule has 0 aromatic carbocycles. The van der Waals surface area contributed by atoms with Crippen LogP contribution in [0.15, 0.2) is 4.99 Å². The zero-order chi connectivity index (χ0) is 17.8. The summed E-state index contributed by atoms with van der Waals surface area (Å²) in [5.41, 5.74) is 6.41. The van der Waals surface area contributed by atoms with Gasteiger partial charge in [-0.05, 0) is 58.5 Å². The standard InChI is InChI=1S/C18H34N4OS/c1-5-9-18(19)10-7-14(12-18)21-16-22-15(23)17(3,24-16)13(6-2)8-11-20-4/h13-14,20H,5-12,19H2,1-4H3,(H,21,22,23). The molecular weight excluding hydrogens is 320 g/mol. The fourth-order valence-corrected chi connectivity index (χ4v) is 5.48. The van der Waals surface area contributed by atoms with Gasteiger partial charge >= 0.3 is 0 Å². The number of rotatable bonds is 8. The molecule has 138 valence electrons. The van der Waals surface area contributed by atoms with Gasteiger partial charge in [0.25, 0.3) is 0 Å². The third-order valence-corrected chi connectivity index (χ3v) is 7.00. The van der Waals surface area contributed by atoms with E-state index in [-0.39, 0.29) is 17.5 Å². The van der Waals surface area contributed by atoms with Gasteiger partial charge in [-0.15, -0.1) is 0 Å². The van der Waals surface area contributed by atoms with Gasteiger partial charge in [0.15, 0.2) is 5.17 Å². The van der Waals surface area contributed by atoms with Crippen LogP contribution in [0.25, 0.3) is 0 Å². The SMILES string of the molecule is CCCC1(N)CCC(N=C2NC(=O)C(C)(C(CC)CCNC)S2)C1. The highest BCUT2D eigenvalue weighted by atomic mass is 32.2. The molecule has 1 heterocycles. The Kier molecular flexibility index (Phi) is 6.74. The maximum atomic E-state index is 12.6. The van der Waals surface area contributed by atoms with Crippen molar-refractivity contribution < 1.29 is 4.79 Å². The number of hydrogen-bond donors (Lipinski definition) is 3. The number of aliphatic imine (C=N–C) groups is 1. The van der Waals surface area contributed by atoms with Crippen molar-refractivity contribution in [3.8, 4) is 0 Å². The molecule has 6 heteroatoms. The van der Waals surface area contributed by atoms with Crippen LogP contribution in [-0.2, 0) is 4.79 Å². The smallest absolute Gasteiger partial charge is 0.242 e. The molecule has 4 atom stereocenters. The van der Waals surface area contributed by atoms with Crippen LogP contribution >= 0.6 is 11.8 Å². The van der Waals surface area contributed by atoms with E-state index in [4.69, 9.17) is 10.7 Å². The Morgan fingerprint density at radius 3 is 2.88 bits per heavy atom. The van der Waals surface area contributed by atoms with Gasteiger partial charge in [-0.2, -0.15) is 0 Å². The predicted octanol–water partition coefficient (Wildman–Crippen LogP) is 2.65. The van der Waals surface area contributed by atoms with Crippen LogP contribution in [0.4, 0.5) is 0 Å². The van der Waals surface area contributed by atoms with Gasteiger partial charge in [0.2, 0.25) is 5.91 Å². The maximum absolute atomic E-state index is 12.6. The molecule has 0 aromatic rings. The van der Waals surface area contributed by atoms with E-state index < -0.39 is 4.75 Å². The zero-order valence-corrected chi connectivity index (χ0v) is 16.5. The molecule has 1 aliphatic heterocycles. The van der Waals surface area contributed by atoms with E-state index in [1.807, 2.05) is 7.05 Å². The summed E-state index contributed by atoms with van der Waals surface area (Å²) in [5.74, 6) is 0.458. The number of amides is 1. The number of amidine groups is 1. The second-order valence-corrected chi connectivity index (χ2v) is 9.04. The molecule has 1 aliphatic carbocycles. The van der Waals surface area contributed by atoms with Gasteiger partial charge in [0, 0.05) is 5.54 Å². The van der Waals surface area contributed by atoms with Crippen molar-refractivity contribution in [2.24, 2.45) is 16.6 Å². The Morgan fingerprint density at radius 2 is 2.25 bits per heavy atom. The normalized spacial score (nSPS) is 36.3. The van der Waals surface area contributed by atoms with Gasteiger partial charge in [-0.25, -0.2) is 0 Å². The Balaban J connectivity index is 2.03. The van der Waals surface area contributed by atoms with Crippen LogP contribution in [-0.4, -0.2) is 41.0 Å². The molecule has 0 aromatic heterocycles. The minimum atomic E-state index is -0.410. The number of nitrogens with one attached hydrogen (secondary N) is 2. The highest BCUT2D eigenvalue weighted by molar-refractivity contribution is 8.16. The molecule has 1 saturated heterocycles. The molecule has 4 N–H and O–H groups in total. The first-order valence-electron chi connectivity index (χ1n) is 9.38. The largest absolute Gasteiger partial charge is 0.325 e. The third kappa shape index (κ3) is 4.33. The minimum Gasteiger partial charge on any atom is -0.325 e. The number of carbonyl (C=O) groups is 1. The second kappa shape index (κ2) is 8.19. The molecule has 2 fully saturated rings. The number of carbonyl (C=O) groups excluding carboxylic acids is 1. The van der Waals surface area contributed by atoms with Gasteiger partial charge < -0.3 is 16.4 Å².